The molecule has 68 valence electrons. The first-order valence-corrected chi connectivity index (χ1v) is 3.81. The van der Waals surface area contributed by atoms with Crippen LogP contribution in [-0.2, 0) is 4.57 Å². The van der Waals surface area contributed by atoms with E-state index in [-0.39, 0.29) is 24.8 Å². The summed E-state index contributed by atoms with van der Waals surface area (Å²) in [5.74, 6) is 0.408. The van der Waals surface area contributed by atoms with E-state index >= 15 is 0 Å². The van der Waals surface area contributed by atoms with Gasteiger partial charge in [0, 0.05) is 4.57 Å². The molecule has 1 unspecified atom stereocenters. The highest BCUT2D eigenvalue weighted by atomic mass is 35.5. The average Bonchev–Trinajstić information content (AvgIpc) is 1.88. The molecule has 1 N–H and O–H groups in total. The van der Waals surface area contributed by atoms with Crippen LogP contribution in [0.15, 0.2) is 30.3 Å². The monoisotopic (exact) mass is 229 g/mol. The molecular formula is C6H8Cl2O3P+. The van der Waals surface area contributed by atoms with E-state index in [2.05, 4.69) is 4.52 Å². The third kappa shape index (κ3) is 5.33. The van der Waals surface area contributed by atoms with Crippen LogP contribution >= 0.6 is 33.1 Å². The van der Waals surface area contributed by atoms with Gasteiger partial charge in [-0.2, -0.15) is 0 Å². The molecule has 0 saturated heterocycles. The van der Waals surface area contributed by atoms with Crippen molar-refractivity contribution in [3.63, 3.8) is 0 Å². The van der Waals surface area contributed by atoms with Crippen molar-refractivity contribution in [2.24, 2.45) is 0 Å². The lowest BCUT2D eigenvalue weighted by molar-refractivity contribution is 0.410. The van der Waals surface area contributed by atoms with Gasteiger partial charge in [0.1, 0.15) is 0 Å². The molecule has 0 radical (unpaired) electrons. The molecule has 0 spiro atoms. The van der Waals surface area contributed by atoms with Crippen LogP contribution in [0.1, 0.15) is 0 Å². The summed E-state index contributed by atoms with van der Waals surface area (Å²) in [6, 6.07) is 8.49. The molecule has 1 rings (SSSR count). The summed E-state index contributed by atoms with van der Waals surface area (Å²) in [4.78, 5) is 8.29. The van der Waals surface area contributed by atoms with E-state index in [1.807, 2.05) is 0 Å². The first kappa shape index (κ1) is 14.2. The molecule has 0 aliphatic heterocycles. The van der Waals surface area contributed by atoms with E-state index in [9.17, 15) is 4.57 Å². The van der Waals surface area contributed by atoms with Crippen molar-refractivity contribution < 1.29 is 14.0 Å². The maximum absolute atomic E-state index is 10.1. The number of hydrogen-bond donors (Lipinski definition) is 1. The molecule has 0 heterocycles. The summed E-state index contributed by atoms with van der Waals surface area (Å²) in [7, 11) is -2.53. The zero-order valence-corrected chi connectivity index (χ0v) is 8.44. The number of benzene rings is 1. The number of para-hydroxylation sites is 1. The fraction of sp³-hybridized carbons (Fsp3) is 0. The molecule has 3 nitrogen and oxygen atoms in total. The lowest BCUT2D eigenvalue weighted by Gasteiger charge is -1.86. The van der Waals surface area contributed by atoms with E-state index in [1.165, 1.54) is 0 Å². The third-order valence-corrected chi connectivity index (χ3v) is 1.29. The average molecular weight is 230 g/mol. The van der Waals surface area contributed by atoms with E-state index in [0.29, 0.717) is 5.75 Å². The van der Waals surface area contributed by atoms with E-state index in [4.69, 9.17) is 4.89 Å². The molecule has 0 saturated carbocycles. The second kappa shape index (κ2) is 7.32. The van der Waals surface area contributed by atoms with Crippen molar-refractivity contribution in [3.8, 4) is 5.75 Å². The summed E-state index contributed by atoms with van der Waals surface area (Å²) in [5, 5.41) is 0. The summed E-state index contributed by atoms with van der Waals surface area (Å²) >= 11 is 0. The van der Waals surface area contributed by atoms with Crippen LogP contribution in [-0.4, -0.2) is 4.89 Å². The Balaban J connectivity index is 0. The molecule has 0 aromatic heterocycles. The van der Waals surface area contributed by atoms with Gasteiger partial charge in [-0.15, -0.1) is 29.7 Å². The Morgan fingerprint density at radius 2 is 1.67 bits per heavy atom. The number of hydrogen-bond acceptors (Lipinski definition) is 2. The van der Waals surface area contributed by atoms with Crippen molar-refractivity contribution >= 4 is 33.1 Å². The Hall–Kier alpha value is -0.340. The van der Waals surface area contributed by atoms with Crippen LogP contribution in [0.4, 0.5) is 0 Å². The molecule has 1 aromatic carbocycles. The normalized spacial score (nSPS) is 8.92. The van der Waals surface area contributed by atoms with Gasteiger partial charge in [0.2, 0.25) is 0 Å². The van der Waals surface area contributed by atoms with Gasteiger partial charge < -0.3 is 0 Å². The van der Waals surface area contributed by atoms with Gasteiger partial charge in [-0.25, -0.2) is 4.52 Å². The van der Waals surface area contributed by atoms with Crippen molar-refractivity contribution in [3.05, 3.63) is 30.3 Å². The van der Waals surface area contributed by atoms with Gasteiger partial charge in [0.25, 0.3) is 0 Å². The molecule has 0 aliphatic carbocycles. The first-order valence-electron chi connectivity index (χ1n) is 2.68. The molecule has 1 aromatic rings. The van der Waals surface area contributed by atoms with Gasteiger partial charge in [0.05, 0.1) is 0 Å². The summed E-state index contributed by atoms with van der Waals surface area (Å²) in [6.45, 7) is 0. The SMILES string of the molecule is Cl.Cl.O=[P+](O)Oc1ccccc1. The molecule has 12 heavy (non-hydrogen) atoms. The third-order valence-electron chi connectivity index (χ3n) is 0.927. The summed E-state index contributed by atoms with van der Waals surface area (Å²) in [6.07, 6.45) is 0. The minimum absolute atomic E-state index is 0. The Morgan fingerprint density at radius 1 is 1.17 bits per heavy atom. The zero-order chi connectivity index (χ0) is 7.40. The van der Waals surface area contributed by atoms with E-state index in [1.54, 1.807) is 30.3 Å². The summed E-state index contributed by atoms with van der Waals surface area (Å²) in [5.41, 5.74) is 0. The van der Waals surface area contributed by atoms with Gasteiger partial charge >= 0.3 is 8.25 Å². The quantitative estimate of drug-likeness (QED) is 0.794. The van der Waals surface area contributed by atoms with Crippen LogP contribution in [0.2, 0.25) is 0 Å². The second-order valence-electron chi connectivity index (χ2n) is 1.64. The van der Waals surface area contributed by atoms with Crippen molar-refractivity contribution in [2.75, 3.05) is 0 Å². The molecule has 0 bridgehead atoms. The second-order valence-corrected chi connectivity index (χ2v) is 2.30. The fourth-order valence-corrected chi connectivity index (χ4v) is 0.874. The lowest BCUT2D eigenvalue weighted by Crippen LogP contribution is -1.77. The Kier molecular flexibility index (Phi) is 8.66. The standard InChI is InChI=1S/C6H5O3P.2ClH/c7-10(8)9-6-4-2-1-3-5-6;;/h1-5H;2*1H/p+1. The van der Waals surface area contributed by atoms with E-state index < -0.39 is 8.25 Å². The molecule has 6 heteroatoms. The largest absolute Gasteiger partial charge is 0.747 e. The maximum atomic E-state index is 10.1. The Bertz CT molecular complexity index is 229. The number of halogens is 2. The maximum Gasteiger partial charge on any atom is 0.747 e. The highest BCUT2D eigenvalue weighted by Gasteiger charge is 2.12. The topological polar surface area (TPSA) is 46.5 Å². The van der Waals surface area contributed by atoms with Gasteiger partial charge in [-0.1, -0.05) is 18.2 Å². The number of rotatable bonds is 2. The van der Waals surface area contributed by atoms with Gasteiger partial charge in [-0.3, -0.25) is 0 Å². The lowest BCUT2D eigenvalue weighted by atomic mass is 10.3. The molecule has 0 aliphatic rings. The van der Waals surface area contributed by atoms with Crippen LogP contribution in [0, 0.1) is 0 Å². The van der Waals surface area contributed by atoms with Gasteiger partial charge in [0.15, 0.2) is 5.75 Å². The van der Waals surface area contributed by atoms with Crippen LogP contribution in [0.5, 0.6) is 5.75 Å². The molecule has 1 atom stereocenters. The van der Waals surface area contributed by atoms with Crippen LogP contribution < -0.4 is 4.52 Å². The highest BCUT2D eigenvalue weighted by molar-refractivity contribution is 7.32. The Morgan fingerprint density at radius 3 is 2.08 bits per heavy atom. The first-order chi connectivity index (χ1) is 4.79. The minimum atomic E-state index is -2.53. The van der Waals surface area contributed by atoms with Crippen molar-refractivity contribution in [1.82, 2.24) is 0 Å². The molecule has 0 fully saturated rings. The zero-order valence-electron chi connectivity index (χ0n) is 5.91. The Labute approximate surface area is 83.5 Å². The molecule has 0 amide bonds. The molecular weight excluding hydrogens is 222 g/mol. The van der Waals surface area contributed by atoms with E-state index in [0.717, 1.165) is 0 Å². The smallest absolute Gasteiger partial charge is 0.229 e. The van der Waals surface area contributed by atoms with Crippen molar-refractivity contribution in [2.45, 2.75) is 0 Å². The van der Waals surface area contributed by atoms with Crippen LogP contribution in [0.25, 0.3) is 0 Å². The van der Waals surface area contributed by atoms with Gasteiger partial charge in [-0.05, 0) is 12.1 Å². The van der Waals surface area contributed by atoms with Crippen molar-refractivity contribution in [1.29, 1.82) is 0 Å². The fourth-order valence-electron chi connectivity index (χ4n) is 0.572. The van der Waals surface area contributed by atoms with Crippen LogP contribution in [0.3, 0.4) is 0 Å². The minimum Gasteiger partial charge on any atom is -0.229 e. The predicted octanol–water partition coefficient (Wildman–Crippen LogP) is 2.56. The predicted molar refractivity (Wildman–Crippen MR) is 51.4 cm³/mol. The summed E-state index contributed by atoms with van der Waals surface area (Å²) < 4.78 is 14.6. The highest BCUT2D eigenvalue weighted by Crippen LogP contribution is 2.21.